The smallest absolute Gasteiger partial charge is 0.341 e. The molecular formula is C14H19N5O2. The minimum Gasteiger partial charge on any atom is -0.460 e. The molecule has 1 N–H and O–H groups in total. The second-order valence-corrected chi connectivity index (χ2v) is 5.52. The topological polar surface area (TPSA) is 81.9 Å². The second-order valence-electron chi connectivity index (χ2n) is 5.52. The van der Waals surface area contributed by atoms with E-state index in [1.54, 1.807) is 29.2 Å². The van der Waals surface area contributed by atoms with Crippen molar-refractivity contribution in [3.05, 3.63) is 36.3 Å². The molecule has 21 heavy (non-hydrogen) atoms. The van der Waals surface area contributed by atoms with Gasteiger partial charge in [-0.05, 0) is 32.9 Å². The quantitative estimate of drug-likeness (QED) is 0.666. The fourth-order valence-electron chi connectivity index (χ4n) is 1.60. The third-order valence-corrected chi connectivity index (χ3v) is 2.72. The van der Waals surface area contributed by atoms with Gasteiger partial charge in [0.15, 0.2) is 0 Å². The zero-order valence-electron chi connectivity index (χ0n) is 12.4. The fourth-order valence-corrected chi connectivity index (χ4v) is 1.60. The summed E-state index contributed by atoms with van der Waals surface area (Å²) in [5, 5.41) is 14.8. The Bertz CT molecular complexity index is 589. The maximum Gasteiger partial charge on any atom is 0.341 e. The molecular weight excluding hydrogens is 270 g/mol. The lowest BCUT2D eigenvalue weighted by Gasteiger charge is -2.18. The first-order valence-electron chi connectivity index (χ1n) is 6.70. The van der Waals surface area contributed by atoms with Gasteiger partial charge in [-0.2, -0.15) is 10.2 Å². The van der Waals surface area contributed by atoms with E-state index in [0.717, 1.165) is 0 Å². The predicted molar refractivity (Wildman–Crippen MR) is 78.0 cm³/mol. The molecule has 0 amide bonds. The van der Waals surface area contributed by atoms with Crippen LogP contribution < -0.4 is 5.32 Å². The van der Waals surface area contributed by atoms with E-state index in [-0.39, 0.29) is 18.1 Å². The third kappa shape index (κ3) is 4.27. The molecule has 0 saturated heterocycles. The summed E-state index contributed by atoms with van der Waals surface area (Å²) in [6.45, 7) is 6.76. The van der Waals surface area contributed by atoms with Gasteiger partial charge in [-0.15, -0.1) is 5.10 Å². The fraction of sp³-hybridized carbons (Fsp3) is 0.429. The van der Waals surface area contributed by atoms with Gasteiger partial charge in [0, 0.05) is 12.4 Å². The lowest BCUT2D eigenvalue weighted by Crippen LogP contribution is -2.22. The molecule has 2 aromatic heterocycles. The van der Waals surface area contributed by atoms with Crippen molar-refractivity contribution in [1.82, 2.24) is 20.0 Å². The number of ether oxygens (including phenoxy) is 1. The van der Waals surface area contributed by atoms with Crippen molar-refractivity contribution in [3.63, 3.8) is 0 Å². The monoisotopic (exact) mass is 289 g/mol. The molecule has 7 nitrogen and oxygen atoms in total. The van der Waals surface area contributed by atoms with E-state index in [4.69, 9.17) is 4.74 Å². The molecule has 0 aliphatic heterocycles. The highest BCUT2D eigenvalue weighted by atomic mass is 16.5. The Hall–Kier alpha value is -2.44. The van der Waals surface area contributed by atoms with Crippen LogP contribution in [0.4, 0.5) is 5.82 Å². The number of aromatic nitrogens is 4. The van der Waals surface area contributed by atoms with E-state index < -0.39 is 0 Å². The Morgan fingerprint density at radius 2 is 2.24 bits per heavy atom. The molecule has 0 fully saturated rings. The standard InChI is InChI=1S/C14H19N5O2/c1-14(2,3)19-10-11(9-17-19)13(20)21-8-7-15-12-5-4-6-16-18-12/h4-6,9-10H,7-8H2,1-3H3,(H,15,18). The van der Waals surface area contributed by atoms with Crippen molar-refractivity contribution < 1.29 is 9.53 Å². The molecule has 0 atom stereocenters. The van der Waals surface area contributed by atoms with E-state index in [1.807, 2.05) is 20.8 Å². The summed E-state index contributed by atoms with van der Waals surface area (Å²) in [5.41, 5.74) is 0.288. The Morgan fingerprint density at radius 1 is 1.43 bits per heavy atom. The van der Waals surface area contributed by atoms with Gasteiger partial charge >= 0.3 is 5.97 Å². The first-order valence-corrected chi connectivity index (χ1v) is 6.70. The van der Waals surface area contributed by atoms with Gasteiger partial charge in [-0.3, -0.25) is 4.68 Å². The average Bonchev–Trinajstić information content (AvgIpc) is 2.94. The highest BCUT2D eigenvalue weighted by Gasteiger charge is 2.17. The summed E-state index contributed by atoms with van der Waals surface area (Å²) >= 11 is 0. The first-order chi connectivity index (χ1) is 9.97. The molecule has 0 spiro atoms. The Kier molecular flexibility index (Phi) is 4.52. The van der Waals surface area contributed by atoms with Crippen LogP contribution in [0.2, 0.25) is 0 Å². The average molecular weight is 289 g/mol. The van der Waals surface area contributed by atoms with E-state index in [9.17, 15) is 4.79 Å². The number of nitrogens with zero attached hydrogens (tertiary/aromatic N) is 4. The third-order valence-electron chi connectivity index (χ3n) is 2.72. The SMILES string of the molecule is CC(C)(C)n1cc(C(=O)OCCNc2cccnn2)cn1. The van der Waals surface area contributed by atoms with Gasteiger partial charge < -0.3 is 10.1 Å². The summed E-state index contributed by atoms with van der Waals surface area (Å²) in [4.78, 5) is 11.9. The summed E-state index contributed by atoms with van der Waals surface area (Å²) in [7, 11) is 0. The van der Waals surface area contributed by atoms with Crippen molar-refractivity contribution in [1.29, 1.82) is 0 Å². The van der Waals surface area contributed by atoms with Crippen molar-refractivity contribution in [2.45, 2.75) is 26.3 Å². The van der Waals surface area contributed by atoms with Crippen molar-refractivity contribution in [2.24, 2.45) is 0 Å². The molecule has 2 rings (SSSR count). The van der Waals surface area contributed by atoms with Gasteiger partial charge in [0.1, 0.15) is 12.4 Å². The lowest BCUT2D eigenvalue weighted by atomic mass is 10.1. The molecule has 0 radical (unpaired) electrons. The Balaban J connectivity index is 1.78. The molecule has 0 saturated carbocycles. The van der Waals surface area contributed by atoms with Crippen LogP contribution in [0, 0.1) is 0 Å². The van der Waals surface area contributed by atoms with Crippen LogP contribution in [0.25, 0.3) is 0 Å². The highest BCUT2D eigenvalue weighted by Crippen LogP contribution is 2.13. The van der Waals surface area contributed by atoms with E-state index >= 15 is 0 Å². The number of anilines is 1. The predicted octanol–water partition coefficient (Wildman–Crippen LogP) is 1.70. The van der Waals surface area contributed by atoms with E-state index in [1.165, 1.54) is 6.20 Å². The van der Waals surface area contributed by atoms with Crippen LogP contribution in [0.3, 0.4) is 0 Å². The first kappa shape index (κ1) is 15.0. The maximum absolute atomic E-state index is 11.9. The zero-order valence-corrected chi connectivity index (χ0v) is 12.4. The number of esters is 1. The zero-order chi connectivity index (χ0) is 15.3. The van der Waals surface area contributed by atoms with Crippen LogP contribution >= 0.6 is 0 Å². The normalized spacial score (nSPS) is 11.2. The summed E-state index contributed by atoms with van der Waals surface area (Å²) < 4.78 is 6.91. The number of hydrogen-bond acceptors (Lipinski definition) is 6. The second kappa shape index (κ2) is 6.34. The molecule has 2 heterocycles. The van der Waals surface area contributed by atoms with Crippen molar-refractivity contribution >= 4 is 11.8 Å². The lowest BCUT2D eigenvalue weighted by molar-refractivity contribution is 0.0520. The minimum absolute atomic E-state index is 0.161. The Morgan fingerprint density at radius 3 is 2.86 bits per heavy atom. The van der Waals surface area contributed by atoms with Gasteiger partial charge in [-0.1, -0.05) is 0 Å². The Labute approximate surface area is 123 Å². The number of rotatable bonds is 5. The largest absolute Gasteiger partial charge is 0.460 e. The molecule has 0 aliphatic carbocycles. The molecule has 0 bridgehead atoms. The molecule has 2 aromatic rings. The summed E-state index contributed by atoms with van der Waals surface area (Å²) in [5.74, 6) is 0.264. The molecule has 7 heteroatoms. The van der Waals surface area contributed by atoms with Crippen LogP contribution in [0.1, 0.15) is 31.1 Å². The number of nitrogens with one attached hydrogen (secondary N) is 1. The van der Waals surface area contributed by atoms with Gasteiger partial charge in [0.05, 0.1) is 23.8 Å². The van der Waals surface area contributed by atoms with Gasteiger partial charge in [-0.25, -0.2) is 4.79 Å². The van der Waals surface area contributed by atoms with E-state index in [2.05, 4.69) is 20.6 Å². The van der Waals surface area contributed by atoms with Crippen LogP contribution in [0.15, 0.2) is 30.7 Å². The molecule has 0 unspecified atom stereocenters. The number of carbonyl (C=O) groups is 1. The van der Waals surface area contributed by atoms with Gasteiger partial charge in [0.25, 0.3) is 0 Å². The summed E-state index contributed by atoms with van der Waals surface area (Å²) in [6.07, 6.45) is 4.81. The van der Waals surface area contributed by atoms with Crippen molar-refractivity contribution in [3.8, 4) is 0 Å². The maximum atomic E-state index is 11.9. The molecule has 112 valence electrons. The van der Waals surface area contributed by atoms with Crippen LogP contribution in [-0.4, -0.2) is 39.1 Å². The van der Waals surface area contributed by atoms with Crippen LogP contribution in [-0.2, 0) is 10.3 Å². The number of carbonyl (C=O) groups excluding carboxylic acids is 1. The molecule has 0 aromatic carbocycles. The van der Waals surface area contributed by atoms with Crippen molar-refractivity contribution in [2.75, 3.05) is 18.5 Å². The summed E-state index contributed by atoms with van der Waals surface area (Å²) in [6, 6.07) is 3.57. The molecule has 0 aliphatic rings. The van der Waals surface area contributed by atoms with Crippen LogP contribution in [0.5, 0.6) is 0 Å². The minimum atomic E-state index is -0.383. The van der Waals surface area contributed by atoms with E-state index in [0.29, 0.717) is 17.9 Å². The highest BCUT2D eigenvalue weighted by molar-refractivity contribution is 5.88. The number of hydrogen-bond donors (Lipinski definition) is 1. The van der Waals surface area contributed by atoms with Gasteiger partial charge in [0.2, 0.25) is 0 Å².